The fourth-order valence-corrected chi connectivity index (χ4v) is 5.44. The Balaban J connectivity index is 0.00000190. The molecule has 0 bridgehead atoms. The van der Waals surface area contributed by atoms with E-state index in [1.54, 1.807) is 11.8 Å². The molecule has 3 aliphatic rings. The quantitative estimate of drug-likeness (QED) is 0.344. The number of hydrogen-bond acceptors (Lipinski definition) is 9. The molecule has 4 heterocycles. The van der Waals surface area contributed by atoms with Gasteiger partial charge in [0.25, 0.3) is 5.91 Å². The van der Waals surface area contributed by atoms with Crippen LogP contribution in [-0.2, 0) is 4.79 Å². The van der Waals surface area contributed by atoms with Crippen LogP contribution in [0.5, 0.6) is 0 Å². The predicted molar refractivity (Wildman–Crippen MR) is 122 cm³/mol. The standard InChI is InChI=1S/C22H24Cl2N6O5.2Li/c1-9-15(23)16(24)18(25-9)19(31)28-17-11-7-30(8-12(11)17)14-6-13(21(34)35)26-22(27-14)29-4-2-10(3-5-29)20(32)33;;/h6,10-12,17,25H,2-5,7-8H2,1H3,(H,28,31)(H,32,33)(H,34,35);;/q;2*+1/p-2/t11-,12+,17?;;. The number of amides is 1. The van der Waals surface area contributed by atoms with E-state index in [0.717, 1.165) is 0 Å². The molecule has 2 N–H and O–H groups in total. The molecule has 2 aromatic heterocycles. The van der Waals surface area contributed by atoms with Crippen molar-refractivity contribution in [3.8, 4) is 0 Å². The van der Waals surface area contributed by atoms with Gasteiger partial charge in [0.1, 0.15) is 11.5 Å². The molecule has 1 amide bonds. The number of hydrogen-bond donors (Lipinski definition) is 2. The number of aryl methyl sites for hydroxylation is 1. The van der Waals surface area contributed by atoms with Crippen LogP contribution in [0.1, 0.15) is 39.5 Å². The summed E-state index contributed by atoms with van der Waals surface area (Å²) in [5.41, 5.74) is 0.625. The van der Waals surface area contributed by atoms with Crippen molar-refractivity contribution >= 4 is 52.8 Å². The summed E-state index contributed by atoms with van der Waals surface area (Å²) in [5, 5.41) is 26.2. The Morgan fingerprint density at radius 1 is 1.03 bits per heavy atom. The zero-order valence-corrected chi connectivity index (χ0v) is 22.2. The normalized spacial score (nSPS) is 22.5. The van der Waals surface area contributed by atoms with Gasteiger partial charge in [0, 0.05) is 67.7 Å². The summed E-state index contributed by atoms with van der Waals surface area (Å²) >= 11 is 12.2. The minimum Gasteiger partial charge on any atom is -0.550 e. The van der Waals surface area contributed by atoms with Crippen LogP contribution >= 0.6 is 23.2 Å². The Morgan fingerprint density at radius 3 is 2.16 bits per heavy atom. The van der Waals surface area contributed by atoms with E-state index in [-0.39, 0.29) is 83.9 Å². The van der Waals surface area contributed by atoms with Crippen molar-refractivity contribution in [2.24, 2.45) is 17.8 Å². The van der Waals surface area contributed by atoms with Gasteiger partial charge in [-0.25, -0.2) is 4.98 Å². The number of carbonyl (C=O) groups is 3. The molecule has 1 aliphatic carbocycles. The number of carboxylic acids is 2. The molecule has 3 atom stereocenters. The summed E-state index contributed by atoms with van der Waals surface area (Å²) in [4.78, 5) is 50.7. The van der Waals surface area contributed by atoms with Gasteiger partial charge in [-0.2, -0.15) is 4.98 Å². The molecular formula is C22H22Cl2Li2N6O5. The molecule has 3 fully saturated rings. The maximum absolute atomic E-state index is 12.6. The summed E-state index contributed by atoms with van der Waals surface area (Å²) in [6.45, 7) is 3.68. The van der Waals surface area contributed by atoms with Gasteiger partial charge in [0.15, 0.2) is 0 Å². The van der Waals surface area contributed by atoms with Crippen LogP contribution in [0.25, 0.3) is 0 Å². The Hall–Kier alpha value is -1.86. The van der Waals surface area contributed by atoms with Crippen molar-refractivity contribution in [2.75, 3.05) is 36.0 Å². The number of nitrogens with one attached hydrogen (secondary N) is 2. The van der Waals surface area contributed by atoms with E-state index < -0.39 is 17.9 Å². The van der Waals surface area contributed by atoms with Crippen LogP contribution in [0.3, 0.4) is 0 Å². The minimum absolute atomic E-state index is 0. The fraction of sp³-hybridized carbons (Fsp3) is 0.500. The first-order valence-electron chi connectivity index (χ1n) is 11.3. The summed E-state index contributed by atoms with van der Waals surface area (Å²) in [6, 6.07) is 1.36. The number of aromatic amines is 1. The molecule has 2 saturated heterocycles. The van der Waals surface area contributed by atoms with Crippen LogP contribution in [0.15, 0.2) is 6.07 Å². The number of nitrogens with zero attached hydrogens (tertiary/aromatic N) is 4. The van der Waals surface area contributed by atoms with Gasteiger partial charge in [0.2, 0.25) is 5.95 Å². The third-order valence-electron chi connectivity index (χ3n) is 7.12. The van der Waals surface area contributed by atoms with Gasteiger partial charge in [-0.3, -0.25) is 4.79 Å². The van der Waals surface area contributed by atoms with E-state index in [2.05, 4.69) is 20.3 Å². The monoisotopic (exact) mass is 534 g/mol. The molecule has 11 nitrogen and oxygen atoms in total. The second-order valence-electron chi connectivity index (χ2n) is 9.26. The Morgan fingerprint density at radius 2 is 1.65 bits per heavy atom. The number of halogens is 2. The molecule has 186 valence electrons. The average Bonchev–Trinajstić information content (AvgIpc) is 3.15. The number of aromatic nitrogens is 3. The summed E-state index contributed by atoms with van der Waals surface area (Å²) in [7, 11) is 0. The SMILES string of the molecule is Cc1[nH]c(C(=O)NC2[C@H]3CN(c4cc(C(=O)[O-])nc(N5CCC(C(=O)[O-])CC5)n4)C[C@@H]23)c(Cl)c1Cl.[Li+].[Li+]. The molecule has 37 heavy (non-hydrogen) atoms. The number of carbonyl (C=O) groups excluding carboxylic acids is 3. The zero-order chi connectivity index (χ0) is 25.0. The number of piperidine rings is 2. The third-order valence-corrected chi connectivity index (χ3v) is 8.07. The van der Waals surface area contributed by atoms with Crippen LogP contribution in [0.2, 0.25) is 10.0 Å². The molecule has 1 saturated carbocycles. The van der Waals surface area contributed by atoms with Crippen LogP contribution in [-0.4, -0.2) is 65.0 Å². The second-order valence-corrected chi connectivity index (χ2v) is 10.0. The van der Waals surface area contributed by atoms with Gasteiger partial charge >= 0.3 is 37.7 Å². The van der Waals surface area contributed by atoms with Crippen molar-refractivity contribution in [2.45, 2.75) is 25.8 Å². The first kappa shape index (κ1) is 29.7. The Kier molecular flexibility index (Phi) is 9.22. The van der Waals surface area contributed by atoms with E-state index in [1.165, 1.54) is 6.07 Å². The molecule has 2 aromatic rings. The number of anilines is 2. The molecular weight excluding hydrogens is 513 g/mol. The number of aromatic carboxylic acids is 1. The van der Waals surface area contributed by atoms with Crippen molar-refractivity contribution in [1.29, 1.82) is 0 Å². The van der Waals surface area contributed by atoms with Crippen molar-refractivity contribution < 1.29 is 62.3 Å². The van der Waals surface area contributed by atoms with Gasteiger partial charge < -0.3 is 39.9 Å². The molecule has 0 radical (unpaired) electrons. The number of aliphatic carboxylic acids is 1. The number of fused-ring (bicyclic) bond motifs is 1. The van der Waals surface area contributed by atoms with E-state index in [9.17, 15) is 24.6 Å². The molecule has 0 spiro atoms. The van der Waals surface area contributed by atoms with E-state index >= 15 is 0 Å². The maximum Gasteiger partial charge on any atom is 1.00 e. The molecule has 15 heteroatoms. The molecule has 5 rings (SSSR count). The smallest absolute Gasteiger partial charge is 0.550 e. The second kappa shape index (κ2) is 11.5. The topological polar surface area (TPSA) is 157 Å². The summed E-state index contributed by atoms with van der Waals surface area (Å²) in [6.07, 6.45) is 0.753. The van der Waals surface area contributed by atoms with Crippen LogP contribution < -0.4 is 63.1 Å². The largest absolute Gasteiger partial charge is 1.00 e. The van der Waals surface area contributed by atoms with E-state index in [1.807, 2.05) is 4.90 Å². The predicted octanol–water partition coefficient (Wildman–Crippen LogP) is -6.38. The van der Waals surface area contributed by atoms with Crippen molar-refractivity contribution in [3.63, 3.8) is 0 Å². The van der Waals surface area contributed by atoms with Gasteiger partial charge in [0.05, 0.1) is 21.7 Å². The number of H-pyrrole nitrogens is 1. The van der Waals surface area contributed by atoms with Gasteiger partial charge in [-0.05, 0) is 19.8 Å². The fourth-order valence-electron chi connectivity index (χ4n) is 5.02. The molecule has 2 aliphatic heterocycles. The van der Waals surface area contributed by atoms with E-state index in [4.69, 9.17) is 23.2 Å². The molecule has 1 unspecified atom stereocenters. The number of rotatable bonds is 6. The maximum atomic E-state index is 12.6. The van der Waals surface area contributed by atoms with Crippen molar-refractivity contribution in [1.82, 2.24) is 20.3 Å². The molecule has 0 aromatic carbocycles. The van der Waals surface area contributed by atoms with E-state index in [0.29, 0.717) is 55.6 Å². The van der Waals surface area contributed by atoms with Crippen LogP contribution in [0.4, 0.5) is 11.8 Å². The Labute approximate surface area is 247 Å². The van der Waals surface area contributed by atoms with Crippen molar-refractivity contribution in [3.05, 3.63) is 33.2 Å². The van der Waals surface area contributed by atoms with Gasteiger partial charge in [-0.1, -0.05) is 23.2 Å². The van der Waals surface area contributed by atoms with Crippen LogP contribution in [0, 0.1) is 24.7 Å². The summed E-state index contributed by atoms with van der Waals surface area (Å²) in [5.74, 6) is -2.27. The Bertz CT molecular complexity index is 1210. The number of carboxylic acid groups (broad SMARTS) is 2. The average molecular weight is 535 g/mol. The first-order valence-corrected chi connectivity index (χ1v) is 12.0. The summed E-state index contributed by atoms with van der Waals surface area (Å²) < 4.78 is 0. The first-order chi connectivity index (χ1) is 16.6. The minimum atomic E-state index is -1.41. The van der Waals surface area contributed by atoms with Gasteiger partial charge in [-0.15, -0.1) is 0 Å². The third kappa shape index (κ3) is 5.78. The zero-order valence-electron chi connectivity index (χ0n) is 20.7.